The molecular formula is C15H23N5OS. The predicted octanol–water partition coefficient (Wildman–Crippen LogP) is 2.61. The topological polar surface area (TPSA) is 58.3 Å². The molecule has 2 aromatic rings. The molecule has 0 radical (unpaired) electrons. The van der Waals surface area contributed by atoms with Crippen LogP contribution in [0.15, 0.2) is 16.0 Å². The Morgan fingerprint density at radius 2 is 1.95 bits per heavy atom. The molecule has 22 heavy (non-hydrogen) atoms. The number of piperazine rings is 1. The van der Waals surface area contributed by atoms with Crippen LogP contribution < -0.4 is 4.90 Å². The van der Waals surface area contributed by atoms with Gasteiger partial charge in [-0.2, -0.15) is 0 Å². The lowest BCUT2D eigenvalue weighted by Gasteiger charge is -2.36. The summed E-state index contributed by atoms with van der Waals surface area (Å²) in [5.41, 5.74) is 0. The van der Waals surface area contributed by atoms with E-state index in [2.05, 4.69) is 45.8 Å². The maximum Gasteiger partial charge on any atom is 0.233 e. The first-order chi connectivity index (χ1) is 10.6. The smallest absolute Gasteiger partial charge is 0.233 e. The van der Waals surface area contributed by atoms with Crippen LogP contribution in [0.4, 0.5) is 5.13 Å². The molecule has 0 saturated carbocycles. The van der Waals surface area contributed by atoms with Gasteiger partial charge in [0.25, 0.3) is 0 Å². The molecule has 1 fully saturated rings. The van der Waals surface area contributed by atoms with Gasteiger partial charge in [0.05, 0.1) is 6.04 Å². The lowest BCUT2D eigenvalue weighted by Crippen LogP contribution is -2.47. The Balaban J connectivity index is 1.57. The monoisotopic (exact) mass is 321 g/mol. The fraction of sp³-hybridized carbons (Fsp3) is 0.667. The van der Waals surface area contributed by atoms with Gasteiger partial charge in [0.2, 0.25) is 11.8 Å². The van der Waals surface area contributed by atoms with E-state index in [1.165, 1.54) is 0 Å². The summed E-state index contributed by atoms with van der Waals surface area (Å²) in [7, 11) is 0. The van der Waals surface area contributed by atoms with Crippen molar-refractivity contribution in [2.24, 2.45) is 5.92 Å². The van der Waals surface area contributed by atoms with Crippen molar-refractivity contribution in [3.8, 4) is 0 Å². The predicted molar refractivity (Wildman–Crippen MR) is 87.2 cm³/mol. The van der Waals surface area contributed by atoms with Crippen molar-refractivity contribution in [2.75, 3.05) is 31.1 Å². The van der Waals surface area contributed by atoms with Gasteiger partial charge in [0.15, 0.2) is 5.13 Å². The summed E-state index contributed by atoms with van der Waals surface area (Å²) >= 11 is 1.70. The first-order valence-electron chi connectivity index (χ1n) is 7.84. The molecule has 1 saturated heterocycles. The maximum atomic E-state index is 5.82. The third kappa shape index (κ3) is 3.47. The molecule has 0 unspecified atom stereocenters. The Labute approximate surface area is 135 Å². The van der Waals surface area contributed by atoms with Gasteiger partial charge in [0, 0.05) is 44.2 Å². The fourth-order valence-corrected chi connectivity index (χ4v) is 3.39. The molecular weight excluding hydrogens is 298 g/mol. The summed E-state index contributed by atoms with van der Waals surface area (Å²) in [6, 6.07) is 0.173. The zero-order chi connectivity index (χ0) is 15.5. The Morgan fingerprint density at radius 1 is 1.18 bits per heavy atom. The minimum absolute atomic E-state index is 0.173. The standard InChI is InChI=1S/C15H23N5OS/c1-11(2)10-13-17-18-14(21-13)12(3)19-5-7-20(8-6-19)15-16-4-9-22-15/h4,9,11-12H,5-8,10H2,1-3H3/t12-/m1/s1. The average Bonchev–Trinajstić information content (AvgIpc) is 3.17. The van der Waals surface area contributed by atoms with Crippen LogP contribution in [0.3, 0.4) is 0 Å². The lowest BCUT2D eigenvalue weighted by atomic mass is 10.1. The van der Waals surface area contributed by atoms with Crippen molar-refractivity contribution in [1.82, 2.24) is 20.1 Å². The quantitative estimate of drug-likeness (QED) is 0.844. The summed E-state index contributed by atoms with van der Waals surface area (Å²) in [4.78, 5) is 9.12. The number of thiazole rings is 1. The molecule has 6 nitrogen and oxygen atoms in total. The highest BCUT2D eigenvalue weighted by Crippen LogP contribution is 2.24. The maximum absolute atomic E-state index is 5.82. The molecule has 1 aliphatic heterocycles. The SMILES string of the molecule is CC(C)Cc1nnc([C@@H](C)N2CCN(c3nccs3)CC2)o1. The Kier molecular flexibility index (Phi) is 4.73. The lowest BCUT2D eigenvalue weighted by molar-refractivity contribution is 0.171. The van der Waals surface area contributed by atoms with E-state index < -0.39 is 0 Å². The van der Waals surface area contributed by atoms with Gasteiger partial charge in [0.1, 0.15) is 0 Å². The first-order valence-corrected chi connectivity index (χ1v) is 8.72. The Morgan fingerprint density at radius 3 is 2.59 bits per heavy atom. The molecule has 0 bridgehead atoms. The van der Waals surface area contributed by atoms with Crippen molar-refractivity contribution < 1.29 is 4.42 Å². The fourth-order valence-electron chi connectivity index (χ4n) is 2.70. The van der Waals surface area contributed by atoms with Crippen molar-refractivity contribution in [2.45, 2.75) is 33.2 Å². The van der Waals surface area contributed by atoms with Crippen LogP contribution in [0.25, 0.3) is 0 Å². The highest BCUT2D eigenvalue weighted by molar-refractivity contribution is 7.13. The summed E-state index contributed by atoms with van der Waals surface area (Å²) < 4.78 is 5.82. The normalized spacial score (nSPS) is 18.1. The van der Waals surface area contributed by atoms with Gasteiger partial charge in [-0.25, -0.2) is 4.98 Å². The van der Waals surface area contributed by atoms with Crippen molar-refractivity contribution in [3.05, 3.63) is 23.4 Å². The third-order valence-corrected chi connectivity index (χ3v) is 4.81. The van der Waals surface area contributed by atoms with Crippen molar-refractivity contribution >= 4 is 16.5 Å². The van der Waals surface area contributed by atoms with Gasteiger partial charge in [-0.3, -0.25) is 4.90 Å². The van der Waals surface area contributed by atoms with Crippen LogP contribution in [0, 0.1) is 5.92 Å². The van der Waals surface area contributed by atoms with Crippen LogP contribution in [-0.2, 0) is 6.42 Å². The van der Waals surface area contributed by atoms with Gasteiger partial charge in [-0.05, 0) is 12.8 Å². The summed E-state index contributed by atoms with van der Waals surface area (Å²) in [5.74, 6) is 2.02. The molecule has 3 rings (SSSR count). The van der Waals surface area contributed by atoms with E-state index in [1.807, 2.05) is 11.6 Å². The molecule has 0 aromatic carbocycles. The largest absolute Gasteiger partial charge is 0.424 e. The minimum atomic E-state index is 0.173. The number of hydrogen-bond acceptors (Lipinski definition) is 7. The highest BCUT2D eigenvalue weighted by atomic mass is 32.1. The molecule has 0 amide bonds. The van der Waals surface area contributed by atoms with Crippen LogP contribution in [0.1, 0.15) is 38.6 Å². The molecule has 0 aliphatic carbocycles. The first kappa shape index (κ1) is 15.4. The van der Waals surface area contributed by atoms with E-state index in [0.717, 1.165) is 49.5 Å². The van der Waals surface area contributed by atoms with Crippen LogP contribution in [-0.4, -0.2) is 46.3 Å². The number of hydrogen-bond donors (Lipinski definition) is 0. The molecule has 0 N–H and O–H groups in total. The average molecular weight is 321 g/mol. The van der Waals surface area contributed by atoms with Gasteiger partial charge in [-0.15, -0.1) is 21.5 Å². The Hall–Kier alpha value is -1.47. The van der Waals surface area contributed by atoms with Crippen LogP contribution in [0.5, 0.6) is 0 Å². The molecule has 1 atom stereocenters. The van der Waals surface area contributed by atoms with Crippen LogP contribution in [0.2, 0.25) is 0 Å². The molecule has 3 heterocycles. The third-order valence-electron chi connectivity index (χ3n) is 3.97. The zero-order valence-electron chi connectivity index (χ0n) is 13.4. The van der Waals surface area contributed by atoms with E-state index >= 15 is 0 Å². The second-order valence-electron chi connectivity index (χ2n) is 6.15. The summed E-state index contributed by atoms with van der Waals surface area (Å²) in [6.45, 7) is 10.4. The molecule has 1 aliphatic rings. The van der Waals surface area contributed by atoms with E-state index in [0.29, 0.717) is 5.92 Å². The van der Waals surface area contributed by atoms with Gasteiger partial charge in [-0.1, -0.05) is 13.8 Å². The molecule has 0 spiro atoms. The summed E-state index contributed by atoms with van der Waals surface area (Å²) in [5, 5.41) is 11.5. The van der Waals surface area contributed by atoms with Crippen molar-refractivity contribution in [3.63, 3.8) is 0 Å². The molecule has 2 aromatic heterocycles. The van der Waals surface area contributed by atoms with E-state index in [4.69, 9.17) is 4.42 Å². The second-order valence-corrected chi connectivity index (χ2v) is 7.02. The Bertz CT molecular complexity index is 575. The van der Waals surface area contributed by atoms with E-state index in [9.17, 15) is 0 Å². The van der Waals surface area contributed by atoms with Crippen molar-refractivity contribution in [1.29, 1.82) is 0 Å². The molecule has 120 valence electrons. The number of anilines is 1. The van der Waals surface area contributed by atoms with E-state index in [-0.39, 0.29) is 6.04 Å². The number of rotatable bonds is 5. The number of nitrogens with zero attached hydrogens (tertiary/aromatic N) is 5. The highest BCUT2D eigenvalue weighted by Gasteiger charge is 2.26. The summed E-state index contributed by atoms with van der Waals surface area (Å²) in [6.07, 6.45) is 2.71. The second kappa shape index (κ2) is 6.75. The zero-order valence-corrected chi connectivity index (χ0v) is 14.2. The minimum Gasteiger partial charge on any atom is -0.424 e. The van der Waals surface area contributed by atoms with Gasteiger partial charge < -0.3 is 9.32 Å². The molecule has 7 heteroatoms. The van der Waals surface area contributed by atoms with Gasteiger partial charge >= 0.3 is 0 Å². The number of aromatic nitrogens is 3. The van der Waals surface area contributed by atoms with E-state index in [1.54, 1.807) is 11.3 Å². The van der Waals surface area contributed by atoms with Crippen LogP contribution >= 0.6 is 11.3 Å².